The molecule has 0 bridgehead atoms. The molecule has 9 heavy (non-hydrogen) atoms. The second-order valence-electron chi connectivity index (χ2n) is 0. The van der Waals surface area contributed by atoms with Gasteiger partial charge >= 0.3 is 0 Å². The van der Waals surface area contributed by atoms with E-state index in [-0.39, 0.29) is 67.8 Å². The second kappa shape index (κ2) is 1720. The van der Waals surface area contributed by atoms with Gasteiger partial charge in [0.05, 0.1) is 0 Å². The van der Waals surface area contributed by atoms with Gasteiger partial charge in [-0.3, -0.25) is 0 Å². The zero-order chi connectivity index (χ0) is 0. The van der Waals surface area contributed by atoms with E-state index in [0.717, 1.165) is 0 Å². The minimum atomic E-state index is 0. The molecule has 0 fully saturated rings. The summed E-state index contributed by atoms with van der Waals surface area (Å²) in [7, 11) is 0. The van der Waals surface area contributed by atoms with Gasteiger partial charge < -0.3 is 38.3 Å². The SMILES string of the molecule is Cl.O.O.O.O.O.O.O.[Fe]. The molecule has 0 amide bonds. The molecule has 0 aromatic heterocycles. The molecule has 9 heteroatoms. The number of halogens is 1. The van der Waals surface area contributed by atoms with Gasteiger partial charge in [0.2, 0.25) is 0 Å². The molecule has 0 aromatic carbocycles. The third-order valence-electron chi connectivity index (χ3n) is 0. The maximum atomic E-state index is 0. The van der Waals surface area contributed by atoms with Crippen molar-refractivity contribution in [2.24, 2.45) is 0 Å². The van der Waals surface area contributed by atoms with E-state index in [1.54, 1.807) is 0 Å². The van der Waals surface area contributed by atoms with Crippen molar-refractivity contribution >= 4 is 12.4 Å². The van der Waals surface area contributed by atoms with Crippen LogP contribution in [0.5, 0.6) is 0 Å². The van der Waals surface area contributed by atoms with E-state index in [2.05, 4.69) is 0 Å². The van der Waals surface area contributed by atoms with Gasteiger partial charge in [-0.25, -0.2) is 0 Å². The van der Waals surface area contributed by atoms with Crippen LogP contribution < -0.4 is 0 Å². The average molecular weight is 218 g/mol. The van der Waals surface area contributed by atoms with Gasteiger partial charge in [-0.05, 0) is 0 Å². The predicted molar refractivity (Wildman–Crippen MR) is 32.5 cm³/mol. The van der Waals surface area contributed by atoms with Crippen LogP contribution >= 0.6 is 12.4 Å². The molecule has 0 rings (SSSR count). The monoisotopic (exact) mass is 218 g/mol. The molecule has 0 aromatic rings. The van der Waals surface area contributed by atoms with Crippen molar-refractivity contribution in [3.63, 3.8) is 0 Å². The molecule has 0 heterocycles. The minimum Gasteiger partial charge on any atom is -0.412 e. The van der Waals surface area contributed by atoms with Crippen molar-refractivity contribution in [2.45, 2.75) is 0 Å². The first-order valence-corrected chi connectivity index (χ1v) is 0. The molecule has 0 radical (unpaired) electrons. The fourth-order valence-corrected chi connectivity index (χ4v) is 0. The Morgan fingerprint density at radius 3 is 0.333 bits per heavy atom. The van der Waals surface area contributed by atoms with Gasteiger partial charge in [-0.1, -0.05) is 0 Å². The molecule has 0 saturated carbocycles. The zero-order valence-electron chi connectivity index (χ0n) is 4.26. The molecule has 7 nitrogen and oxygen atoms in total. The Morgan fingerprint density at radius 2 is 0.333 bits per heavy atom. The van der Waals surface area contributed by atoms with Gasteiger partial charge in [0.1, 0.15) is 0 Å². The molecule has 14 N–H and O–H groups in total. The molecule has 0 aliphatic heterocycles. The number of rotatable bonds is 0. The van der Waals surface area contributed by atoms with Crippen LogP contribution in [0.4, 0.5) is 0 Å². The van der Waals surface area contributed by atoms with E-state index in [0.29, 0.717) is 0 Å². The van der Waals surface area contributed by atoms with Crippen LogP contribution in [0.1, 0.15) is 0 Å². The predicted octanol–water partition coefficient (Wildman–Crippen LogP) is -5.35. The third kappa shape index (κ3) is 1300. The van der Waals surface area contributed by atoms with Gasteiger partial charge in [0.25, 0.3) is 0 Å². The third-order valence-corrected chi connectivity index (χ3v) is 0. The van der Waals surface area contributed by atoms with Crippen molar-refractivity contribution in [3.05, 3.63) is 0 Å². The van der Waals surface area contributed by atoms with Crippen molar-refractivity contribution in [3.8, 4) is 0 Å². The summed E-state index contributed by atoms with van der Waals surface area (Å²) < 4.78 is 0. The topological polar surface area (TPSA) is 220 Å². The Hall–Kier alpha value is 0.529. The summed E-state index contributed by atoms with van der Waals surface area (Å²) >= 11 is 0. The summed E-state index contributed by atoms with van der Waals surface area (Å²) in [5.74, 6) is 0. The molecule has 0 saturated heterocycles. The molecule has 0 spiro atoms. The van der Waals surface area contributed by atoms with Crippen molar-refractivity contribution < 1.29 is 55.4 Å². The molecule has 0 aliphatic rings. The van der Waals surface area contributed by atoms with Gasteiger partial charge in [-0.2, -0.15) is 0 Å². The Kier molecular flexibility index (Phi) is 474000. The van der Waals surface area contributed by atoms with E-state index >= 15 is 0 Å². The average Bonchev–Trinajstić information content (AvgIpc) is 0. The Balaban J connectivity index is 0. The first kappa shape index (κ1) is 2470. The summed E-state index contributed by atoms with van der Waals surface area (Å²) in [5, 5.41) is 0. The molecule has 72 valence electrons. The largest absolute Gasteiger partial charge is 0.412 e. The summed E-state index contributed by atoms with van der Waals surface area (Å²) in [6, 6.07) is 0. The maximum Gasteiger partial charge on any atom is 0 e. The molecular weight excluding hydrogens is 203 g/mol. The van der Waals surface area contributed by atoms with Crippen LogP contribution in [0, 0.1) is 0 Å². The van der Waals surface area contributed by atoms with E-state index in [4.69, 9.17) is 0 Å². The van der Waals surface area contributed by atoms with Crippen LogP contribution in [0.15, 0.2) is 0 Å². The van der Waals surface area contributed by atoms with E-state index < -0.39 is 0 Å². The van der Waals surface area contributed by atoms with Crippen molar-refractivity contribution in [2.75, 3.05) is 0 Å². The normalized spacial score (nSPS) is 0. The molecular formula is H15ClFeO7. The summed E-state index contributed by atoms with van der Waals surface area (Å²) in [6.45, 7) is 0. The van der Waals surface area contributed by atoms with Gasteiger partial charge in [0, 0.05) is 17.1 Å². The van der Waals surface area contributed by atoms with Crippen molar-refractivity contribution in [1.29, 1.82) is 0 Å². The van der Waals surface area contributed by atoms with Crippen LogP contribution in [0.25, 0.3) is 0 Å². The summed E-state index contributed by atoms with van der Waals surface area (Å²) in [4.78, 5) is 0. The van der Waals surface area contributed by atoms with E-state index in [1.807, 2.05) is 0 Å². The summed E-state index contributed by atoms with van der Waals surface area (Å²) in [5.41, 5.74) is 0. The second-order valence-corrected chi connectivity index (χ2v) is 0. The number of hydrogen-bond donors (Lipinski definition) is 0. The molecule has 0 atom stereocenters. The first-order valence-electron chi connectivity index (χ1n) is 0. The van der Waals surface area contributed by atoms with Gasteiger partial charge in [0.15, 0.2) is 0 Å². The van der Waals surface area contributed by atoms with Crippen molar-refractivity contribution in [1.82, 2.24) is 0 Å². The fraction of sp³-hybridized carbons (Fsp3) is 0. The molecule has 0 aliphatic carbocycles. The van der Waals surface area contributed by atoms with Crippen LogP contribution in [0.3, 0.4) is 0 Å². The minimum absolute atomic E-state index is 0. The quantitative estimate of drug-likeness (QED) is 0.347. The summed E-state index contributed by atoms with van der Waals surface area (Å²) in [6.07, 6.45) is 0. The fourth-order valence-electron chi connectivity index (χ4n) is 0. The Labute approximate surface area is 68.5 Å². The zero-order valence-corrected chi connectivity index (χ0v) is 6.18. The Bertz CT molecular complexity index is 8.88. The maximum absolute atomic E-state index is 0. The van der Waals surface area contributed by atoms with E-state index in [1.165, 1.54) is 0 Å². The van der Waals surface area contributed by atoms with E-state index in [9.17, 15) is 0 Å². The van der Waals surface area contributed by atoms with Crippen LogP contribution in [0.2, 0.25) is 0 Å². The standard InChI is InChI=1S/ClH.Fe.7H2O/h1H;;7*1H2. The molecule has 0 unspecified atom stereocenters. The smallest absolute Gasteiger partial charge is 0 e. The first-order chi connectivity index (χ1) is 0. The van der Waals surface area contributed by atoms with Crippen LogP contribution in [-0.2, 0) is 17.1 Å². The number of hydrogen-bond acceptors (Lipinski definition) is 0. The Morgan fingerprint density at radius 1 is 0.333 bits per heavy atom. The van der Waals surface area contributed by atoms with Crippen LogP contribution in [-0.4, -0.2) is 38.3 Å². The van der Waals surface area contributed by atoms with Gasteiger partial charge in [-0.15, -0.1) is 12.4 Å².